The van der Waals surface area contributed by atoms with Crippen LogP contribution in [0.2, 0.25) is 0 Å². The van der Waals surface area contributed by atoms with Crippen LogP contribution in [0.3, 0.4) is 0 Å². The molecule has 0 unspecified atom stereocenters. The van der Waals surface area contributed by atoms with Gasteiger partial charge in [0.1, 0.15) is 17.3 Å². The second kappa shape index (κ2) is 7.05. The van der Waals surface area contributed by atoms with Gasteiger partial charge in [-0.25, -0.2) is 9.37 Å². The molecule has 136 valence electrons. The molecule has 2 aromatic heterocycles. The van der Waals surface area contributed by atoms with E-state index in [1.165, 1.54) is 23.1 Å². The summed E-state index contributed by atoms with van der Waals surface area (Å²) in [4.78, 5) is 15.3. The quantitative estimate of drug-likeness (QED) is 0.688. The van der Waals surface area contributed by atoms with Gasteiger partial charge in [0.05, 0.1) is 24.4 Å². The molecule has 10 heteroatoms. The molecule has 26 heavy (non-hydrogen) atoms. The second-order valence-corrected chi connectivity index (χ2v) is 6.05. The number of aromatic nitrogens is 3. The first-order valence-electron chi connectivity index (χ1n) is 7.96. The van der Waals surface area contributed by atoms with E-state index in [4.69, 9.17) is 5.73 Å². The molecule has 0 saturated carbocycles. The van der Waals surface area contributed by atoms with Gasteiger partial charge >= 0.3 is 0 Å². The molecule has 4 N–H and O–H groups in total. The molecule has 1 fully saturated rings. The number of amides is 1. The Bertz CT molecular complexity index is 845. The maximum Gasteiger partial charge on any atom is 0.254 e. The van der Waals surface area contributed by atoms with Gasteiger partial charge in [0, 0.05) is 12.7 Å². The normalized spacial score (nSPS) is 22.6. The highest BCUT2D eigenvalue weighted by Crippen LogP contribution is 2.34. The summed E-state index contributed by atoms with van der Waals surface area (Å²) in [5.74, 6) is -1.32. The minimum Gasteiger partial charge on any atom is -0.365 e. The number of rotatable bonds is 5. The molecule has 0 aliphatic carbocycles. The van der Waals surface area contributed by atoms with Crippen molar-refractivity contribution in [3.05, 3.63) is 36.0 Å². The number of nitrogens with two attached hydrogens (primary N) is 1. The Hall–Kier alpha value is -3.06. The van der Waals surface area contributed by atoms with Gasteiger partial charge in [-0.15, -0.1) is 0 Å². The van der Waals surface area contributed by atoms with Gasteiger partial charge in [0.25, 0.3) is 5.91 Å². The van der Waals surface area contributed by atoms with Gasteiger partial charge in [-0.3, -0.25) is 9.48 Å². The van der Waals surface area contributed by atoms with Crippen molar-refractivity contribution in [2.24, 2.45) is 5.73 Å². The largest absolute Gasteiger partial charge is 0.365 e. The van der Waals surface area contributed by atoms with Crippen LogP contribution >= 0.6 is 0 Å². The zero-order valence-corrected chi connectivity index (χ0v) is 13.7. The number of anilines is 2. The highest BCUT2D eigenvalue weighted by molar-refractivity contribution is 5.98. The van der Waals surface area contributed by atoms with E-state index in [-0.39, 0.29) is 24.3 Å². The summed E-state index contributed by atoms with van der Waals surface area (Å²) >= 11 is 0. The Morgan fingerprint density at radius 3 is 3.00 bits per heavy atom. The van der Waals surface area contributed by atoms with Crippen molar-refractivity contribution in [3.63, 3.8) is 0 Å². The summed E-state index contributed by atoms with van der Waals surface area (Å²) in [7, 11) is 0. The van der Waals surface area contributed by atoms with E-state index in [9.17, 15) is 18.8 Å². The molecule has 1 amide bonds. The summed E-state index contributed by atoms with van der Waals surface area (Å²) in [5.41, 5.74) is 4.64. The third-order valence-corrected chi connectivity index (χ3v) is 4.45. The maximum atomic E-state index is 14.7. The average molecular weight is 361 g/mol. The number of primary amides is 1. The van der Waals surface area contributed by atoms with Gasteiger partial charge in [0.2, 0.25) is 5.95 Å². The lowest BCUT2D eigenvalue weighted by Crippen LogP contribution is -2.53. The van der Waals surface area contributed by atoms with Crippen molar-refractivity contribution in [1.82, 2.24) is 20.1 Å². The van der Waals surface area contributed by atoms with E-state index < -0.39 is 23.6 Å². The number of alkyl halides is 1. The fourth-order valence-corrected chi connectivity index (χ4v) is 3.02. The molecule has 0 radical (unpaired) electrons. The smallest absolute Gasteiger partial charge is 0.254 e. The Morgan fingerprint density at radius 1 is 1.58 bits per heavy atom. The number of carbonyl (C=O) groups excluding carboxylic acids is 1. The fourth-order valence-electron chi connectivity index (χ4n) is 3.02. The highest BCUT2D eigenvalue weighted by atomic mass is 19.1. The summed E-state index contributed by atoms with van der Waals surface area (Å²) in [6, 6.07) is 4.56. The number of hydrogen-bond donors (Lipinski definition) is 3. The lowest BCUT2D eigenvalue weighted by molar-refractivity contribution is 0.0684. The summed E-state index contributed by atoms with van der Waals surface area (Å²) < 4.78 is 29.0. The molecule has 1 aliphatic heterocycles. The predicted octanol–water partition coefficient (Wildman–Crippen LogP) is 1.20. The number of hydrogen-bond acceptors (Lipinski definition) is 6. The van der Waals surface area contributed by atoms with Crippen LogP contribution in [0.5, 0.6) is 0 Å². The van der Waals surface area contributed by atoms with Crippen LogP contribution in [0.25, 0.3) is 0 Å². The number of carbonyl (C=O) groups is 1. The number of halogens is 2. The van der Waals surface area contributed by atoms with Gasteiger partial charge in [-0.2, -0.15) is 14.8 Å². The van der Waals surface area contributed by atoms with Crippen molar-refractivity contribution < 1.29 is 13.6 Å². The number of piperidine rings is 1. The Balaban J connectivity index is 2.01. The minimum absolute atomic E-state index is 0.0392. The van der Waals surface area contributed by atoms with Crippen molar-refractivity contribution >= 4 is 17.4 Å². The molecule has 1 aliphatic rings. The van der Waals surface area contributed by atoms with Crippen molar-refractivity contribution in [2.75, 3.05) is 18.4 Å². The SMILES string of the molecule is N#CC[C@@]1(n2cc(C(N)=O)c(Nc3ccc(F)nc3)n2)CCNC[C@H]1F. The predicted molar refractivity (Wildman–Crippen MR) is 88.8 cm³/mol. The van der Waals surface area contributed by atoms with Gasteiger partial charge in [-0.05, 0) is 25.1 Å². The molecular formula is C16H17F2N7O. The molecule has 3 heterocycles. The Kier molecular flexibility index (Phi) is 4.81. The standard InChI is InChI=1S/C16H17F2N7O/c17-12-8-21-6-4-16(12,3-5-19)25-9-11(14(20)26)15(24-25)23-10-1-2-13(18)22-7-10/h1-2,7,9,12,21H,3-4,6,8H2,(H2,20,26)(H,23,24)/t12-,16-/m1/s1. The van der Waals surface area contributed by atoms with Gasteiger partial charge < -0.3 is 16.4 Å². The van der Waals surface area contributed by atoms with Gasteiger partial charge in [0.15, 0.2) is 5.82 Å². The third-order valence-electron chi connectivity index (χ3n) is 4.45. The van der Waals surface area contributed by atoms with Crippen LogP contribution in [0.1, 0.15) is 23.2 Å². The van der Waals surface area contributed by atoms with E-state index in [0.717, 1.165) is 6.07 Å². The van der Waals surface area contributed by atoms with E-state index in [1.54, 1.807) is 0 Å². The zero-order chi connectivity index (χ0) is 18.7. The Morgan fingerprint density at radius 2 is 2.38 bits per heavy atom. The number of nitriles is 1. The molecule has 0 aromatic carbocycles. The summed E-state index contributed by atoms with van der Waals surface area (Å²) in [5, 5.41) is 19.2. The number of nitrogens with one attached hydrogen (secondary N) is 2. The van der Waals surface area contributed by atoms with Crippen molar-refractivity contribution in [2.45, 2.75) is 24.6 Å². The van der Waals surface area contributed by atoms with E-state index in [2.05, 4.69) is 20.7 Å². The first kappa shape index (κ1) is 17.8. The fraction of sp³-hybridized carbons (Fsp3) is 0.375. The van der Waals surface area contributed by atoms with Crippen molar-refractivity contribution in [1.29, 1.82) is 5.26 Å². The third kappa shape index (κ3) is 3.21. The van der Waals surface area contributed by atoms with E-state index in [0.29, 0.717) is 18.7 Å². The van der Waals surface area contributed by atoms with Crippen LogP contribution in [0.15, 0.2) is 24.5 Å². The molecule has 0 spiro atoms. The monoisotopic (exact) mass is 361 g/mol. The van der Waals surface area contributed by atoms with Gasteiger partial charge in [-0.1, -0.05) is 0 Å². The maximum absolute atomic E-state index is 14.7. The van der Waals surface area contributed by atoms with E-state index >= 15 is 0 Å². The lowest BCUT2D eigenvalue weighted by Gasteiger charge is -2.39. The molecule has 2 atom stereocenters. The summed E-state index contributed by atoms with van der Waals surface area (Å²) in [6.07, 6.45) is 1.44. The first-order valence-corrected chi connectivity index (χ1v) is 7.96. The molecule has 1 saturated heterocycles. The first-order chi connectivity index (χ1) is 12.5. The number of pyridine rings is 1. The average Bonchev–Trinajstić information content (AvgIpc) is 3.04. The second-order valence-electron chi connectivity index (χ2n) is 6.05. The Labute approximate surface area is 148 Å². The molecule has 3 rings (SSSR count). The van der Waals surface area contributed by atoms with Crippen molar-refractivity contribution in [3.8, 4) is 6.07 Å². The van der Waals surface area contributed by atoms with E-state index in [1.807, 2.05) is 6.07 Å². The van der Waals surface area contributed by atoms with Crippen LogP contribution in [-0.2, 0) is 5.54 Å². The molecular weight excluding hydrogens is 344 g/mol. The van der Waals surface area contributed by atoms with Crippen LogP contribution in [-0.4, -0.2) is 39.9 Å². The molecule has 2 aromatic rings. The highest BCUT2D eigenvalue weighted by Gasteiger charge is 2.44. The van der Waals surface area contributed by atoms with Crippen LogP contribution < -0.4 is 16.4 Å². The minimum atomic E-state index is -1.36. The topological polar surface area (TPSA) is 122 Å². The number of nitrogens with zero attached hydrogens (tertiary/aromatic N) is 4. The molecule has 0 bridgehead atoms. The van der Waals surface area contributed by atoms with Crippen LogP contribution in [0.4, 0.5) is 20.3 Å². The zero-order valence-electron chi connectivity index (χ0n) is 13.7. The lowest BCUT2D eigenvalue weighted by atomic mass is 9.84. The summed E-state index contributed by atoms with van der Waals surface area (Å²) in [6.45, 7) is 0.594. The van der Waals surface area contributed by atoms with Crippen LogP contribution in [0, 0.1) is 17.3 Å². The molecule has 8 nitrogen and oxygen atoms in total.